The molecule has 2 aromatic heterocycles. The van der Waals surface area contributed by atoms with Crippen LogP contribution in [0.1, 0.15) is 34.1 Å². The number of hydrogen-bond acceptors (Lipinski definition) is 4. The number of fused-ring (bicyclic) bond motifs is 3. The second-order valence-corrected chi connectivity index (χ2v) is 6.86. The van der Waals surface area contributed by atoms with E-state index < -0.39 is 17.5 Å². The van der Waals surface area contributed by atoms with Gasteiger partial charge in [0.1, 0.15) is 17.2 Å². The van der Waals surface area contributed by atoms with Crippen LogP contribution in [0.3, 0.4) is 0 Å². The highest BCUT2D eigenvalue weighted by Crippen LogP contribution is 2.57. The van der Waals surface area contributed by atoms with E-state index >= 15 is 0 Å². The van der Waals surface area contributed by atoms with Crippen LogP contribution in [0.5, 0.6) is 5.88 Å². The van der Waals surface area contributed by atoms with E-state index in [1.165, 1.54) is 29.1 Å². The maximum atomic E-state index is 14.3. The van der Waals surface area contributed by atoms with Crippen molar-refractivity contribution in [2.75, 3.05) is 5.32 Å². The topological polar surface area (TPSA) is 80.0 Å². The quantitative estimate of drug-likeness (QED) is 0.744. The third kappa shape index (κ3) is 2.48. The first-order valence-corrected chi connectivity index (χ1v) is 8.55. The van der Waals surface area contributed by atoms with E-state index in [1.54, 1.807) is 6.07 Å². The number of carbonyl (C=O) groups is 1. The molecule has 0 unspecified atom stereocenters. The normalized spacial score (nSPS) is 19.5. The average molecular weight is 368 g/mol. The summed E-state index contributed by atoms with van der Waals surface area (Å²) in [5, 5.41) is 16.7. The van der Waals surface area contributed by atoms with E-state index in [-0.39, 0.29) is 28.9 Å². The molecule has 0 radical (unpaired) electrons. The van der Waals surface area contributed by atoms with Gasteiger partial charge in [-0.1, -0.05) is 0 Å². The van der Waals surface area contributed by atoms with E-state index in [0.717, 1.165) is 23.7 Å². The number of benzene rings is 1. The molecule has 0 saturated heterocycles. The molecule has 3 aromatic rings. The van der Waals surface area contributed by atoms with Crippen molar-refractivity contribution in [3.63, 3.8) is 0 Å². The smallest absolute Gasteiger partial charge is 0.276 e. The molecule has 2 atom stereocenters. The molecule has 1 saturated carbocycles. The fraction of sp³-hybridized carbons (Fsp3) is 0.211. The van der Waals surface area contributed by atoms with Gasteiger partial charge in [-0.05, 0) is 43.0 Å². The van der Waals surface area contributed by atoms with Crippen molar-refractivity contribution >= 4 is 11.6 Å². The van der Waals surface area contributed by atoms with Crippen molar-refractivity contribution < 1.29 is 18.7 Å². The Hall–Kier alpha value is -3.29. The first-order valence-electron chi connectivity index (χ1n) is 8.55. The van der Waals surface area contributed by atoms with Gasteiger partial charge in [-0.2, -0.15) is 5.10 Å². The average Bonchev–Trinajstić information content (AvgIpc) is 3.14. The van der Waals surface area contributed by atoms with E-state index in [0.29, 0.717) is 12.3 Å². The highest BCUT2D eigenvalue weighted by molar-refractivity contribution is 6.04. The molecule has 1 amide bonds. The number of aromatic nitrogens is 3. The maximum Gasteiger partial charge on any atom is 0.276 e. The molecule has 8 heteroatoms. The molecule has 0 aliphatic heterocycles. The van der Waals surface area contributed by atoms with Crippen LogP contribution in [-0.2, 0) is 6.42 Å². The highest BCUT2D eigenvalue weighted by Gasteiger charge is 2.50. The van der Waals surface area contributed by atoms with Gasteiger partial charge in [0, 0.05) is 23.7 Å². The number of rotatable bonds is 3. The van der Waals surface area contributed by atoms with Crippen LogP contribution < -0.4 is 5.32 Å². The Morgan fingerprint density at radius 2 is 2.15 bits per heavy atom. The highest BCUT2D eigenvalue weighted by atomic mass is 19.1. The molecule has 2 N–H and O–H groups in total. The second-order valence-electron chi connectivity index (χ2n) is 6.86. The minimum atomic E-state index is -0.735. The fourth-order valence-electron chi connectivity index (χ4n) is 3.81. The van der Waals surface area contributed by atoms with Gasteiger partial charge in [0.2, 0.25) is 5.88 Å². The fourth-order valence-corrected chi connectivity index (χ4v) is 3.81. The monoisotopic (exact) mass is 368 g/mol. The van der Waals surface area contributed by atoms with Gasteiger partial charge in [-0.15, -0.1) is 0 Å². The molecular weight excluding hydrogens is 354 g/mol. The minimum Gasteiger partial charge on any atom is -0.492 e. The van der Waals surface area contributed by atoms with Crippen LogP contribution in [-0.4, -0.2) is 25.8 Å². The van der Waals surface area contributed by atoms with Gasteiger partial charge in [0.15, 0.2) is 11.5 Å². The molecule has 1 aromatic carbocycles. The van der Waals surface area contributed by atoms with Crippen molar-refractivity contribution in [1.82, 2.24) is 14.8 Å². The standard InChI is InChI=1S/C19H14F2N4O2/c20-10-3-4-15(13(21)8-10)25-17-11-6-9(11)7-12(17)16(24-25)19(27)23-14-2-1-5-22-18(14)26/h1-5,8-9,11H,6-7H2,(H,22,26)(H,23,27)/t9-,11-/m1/s1. The number of nitrogens with one attached hydrogen (secondary N) is 1. The Balaban J connectivity index is 1.58. The minimum absolute atomic E-state index is 0.114. The van der Waals surface area contributed by atoms with Crippen LogP contribution in [0, 0.1) is 17.6 Å². The Morgan fingerprint density at radius 1 is 1.30 bits per heavy atom. The molecule has 136 valence electrons. The molecule has 5 rings (SSSR count). The number of amides is 1. The van der Waals surface area contributed by atoms with Crippen molar-refractivity contribution in [1.29, 1.82) is 0 Å². The number of anilines is 1. The zero-order chi connectivity index (χ0) is 18.7. The van der Waals surface area contributed by atoms with Crippen molar-refractivity contribution in [3.05, 3.63) is 65.1 Å². The number of hydrogen-bond donors (Lipinski definition) is 2. The van der Waals surface area contributed by atoms with Gasteiger partial charge in [0.05, 0.1) is 5.69 Å². The number of nitrogens with zero attached hydrogens (tertiary/aromatic N) is 3. The lowest BCUT2D eigenvalue weighted by Crippen LogP contribution is -2.15. The summed E-state index contributed by atoms with van der Waals surface area (Å²) < 4.78 is 29.0. The van der Waals surface area contributed by atoms with Gasteiger partial charge >= 0.3 is 0 Å². The second kappa shape index (κ2) is 5.60. The van der Waals surface area contributed by atoms with Crippen molar-refractivity contribution in [2.24, 2.45) is 5.92 Å². The summed E-state index contributed by atoms with van der Waals surface area (Å²) in [7, 11) is 0. The van der Waals surface area contributed by atoms with Gasteiger partial charge < -0.3 is 10.4 Å². The summed E-state index contributed by atoms with van der Waals surface area (Å²) in [5.74, 6) is -1.53. The first kappa shape index (κ1) is 15.9. The number of aromatic hydroxyl groups is 1. The first-order chi connectivity index (χ1) is 13.0. The van der Waals surface area contributed by atoms with Crippen molar-refractivity contribution in [2.45, 2.75) is 18.8 Å². The molecule has 2 heterocycles. The lowest BCUT2D eigenvalue weighted by atomic mass is 10.1. The third-order valence-corrected chi connectivity index (χ3v) is 5.15. The molecule has 2 aliphatic carbocycles. The molecule has 0 spiro atoms. The molecule has 2 aliphatic rings. The SMILES string of the molecule is O=C(Nc1cccnc1O)c1nn(-c2ccc(F)cc2F)c2c1C[C@H]1C[C@@H]21. The Kier molecular flexibility index (Phi) is 3.30. The van der Waals surface area contributed by atoms with Gasteiger partial charge in [-0.25, -0.2) is 18.4 Å². The lowest BCUT2D eigenvalue weighted by molar-refractivity contribution is 0.102. The lowest BCUT2D eigenvalue weighted by Gasteiger charge is -2.07. The Labute approximate surface area is 152 Å². The predicted octanol–water partition coefficient (Wildman–Crippen LogP) is 3.16. The maximum absolute atomic E-state index is 14.3. The van der Waals surface area contributed by atoms with Crippen LogP contribution in [0.4, 0.5) is 14.5 Å². The summed E-state index contributed by atoms with van der Waals surface area (Å²) >= 11 is 0. The van der Waals surface area contributed by atoms with E-state index in [1.807, 2.05) is 0 Å². The molecule has 1 fully saturated rings. The molecule has 27 heavy (non-hydrogen) atoms. The zero-order valence-corrected chi connectivity index (χ0v) is 14.0. The zero-order valence-electron chi connectivity index (χ0n) is 14.0. The van der Waals surface area contributed by atoms with E-state index in [4.69, 9.17) is 0 Å². The predicted molar refractivity (Wildman–Crippen MR) is 91.9 cm³/mol. The third-order valence-electron chi connectivity index (χ3n) is 5.15. The van der Waals surface area contributed by atoms with E-state index in [2.05, 4.69) is 15.4 Å². The van der Waals surface area contributed by atoms with Crippen LogP contribution in [0.25, 0.3) is 5.69 Å². The van der Waals surface area contributed by atoms with Crippen LogP contribution >= 0.6 is 0 Å². The van der Waals surface area contributed by atoms with E-state index in [9.17, 15) is 18.7 Å². The largest absolute Gasteiger partial charge is 0.492 e. The number of pyridine rings is 1. The summed E-state index contributed by atoms with van der Waals surface area (Å²) in [5.41, 5.74) is 2.06. The summed E-state index contributed by atoms with van der Waals surface area (Å²) in [4.78, 5) is 16.5. The van der Waals surface area contributed by atoms with Crippen LogP contribution in [0.2, 0.25) is 0 Å². The molecule has 6 nitrogen and oxygen atoms in total. The van der Waals surface area contributed by atoms with Gasteiger partial charge in [0.25, 0.3) is 5.91 Å². The molecular formula is C19H14F2N4O2. The number of halogens is 2. The Bertz CT molecular complexity index is 1100. The Morgan fingerprint density at radius 3 is 2.93 bits per heavy atom. The summed E-state index contributed by atoms with van der Waals surface area (Å²) in [6, 6.07) is 6.40. The van der Waals surface area contributed by atoms with Crippen LogP contribution in [0.15, 0.2) is 36.5 Å². The summed E-state index contributed by atoms with van der Waals surface area (Å²) in [6.45, 7) is 0. The summed E-state index contributed by atoms with van der Waals surface area (Å²) in [6.07, 6.45) is 3.08. The van der Waals surface area contributed by atoms with Crippen molar-refractivity contribution in [3.8, 4) is 11.6 Å². The van der Waals surface area contributed by atoms with Gasteiger partial charge in [-0.3, -0.25) is 4.79 Å². The molecule has 0 bridgehead atoms. The number of carbonyl (C=O) groups excluding carboxylic acids is 1.